The highest BCUT2D eigenvalue weighted by Gasteiger charge is 2.49. The molecule has 0 amide bonds. The molecular formula is C22H32N4O2. The molecule has 6 heteroatoms. The highest BCUT2D eigenvalue weighted by Crippen LogP contribution is 2.39. The van der Waals surface area contributed by atoms with Crippen LogP contribution in [-0.2, 0) is 4.74 Å². The molecule has 2 saturated heterocycles. The summed E-state index contributed by atoms with van der Waals surface area (Å²) in [5, 5.41) is 0. The smallest absolute Gasteiger partial charge is 0.227 e. The maximum atomic E-state index is 13.3. The summed E-state index contributed by atoms with van der Waals surface area (Å²) in [5.74, 6) is 0.471. The summed E-state index contributed by atoms with van der Waals surface area (Å²) in [7, 11) is 0. The molecule has 0 bridgehead atoms. The van der Waals surface area contributed by atoms with E-state index in [1.807, 2.05) is 24.3 Å². The van der Waals surface area contributed by atoms with Gasteiger partial charge in [-0.3, -0.25) is 9.69 Å². The number of imidazole rings is 1. The van der Waals surface area contributed by atoms with E-state index in [1.54, 1.807) is 0 Å². The van der Waals surface area contributed by atoms with Gasteiger partial charge in [0.15, 0.2) is 5.82 Å². The summed E-state index contributed by atoms with van der Waals surface area (Å²) < 4.78 is 6.02. The molecule has 4 atom stereocenters. The Morgan fingerprint density at radius 1 is 1.32 bits per heavy atom. The highest BCUT2D eigenvalue weighted by atomic mass is 16.5. The topological polar surface area (TPSA) is 61.5 Å². The van der Waals surface area contributed by atoms with Crippen molar-refractivity contribution in [2.45, 2.75) is 51.8 Å². The minimum absolute atomic E-state index is 0.0329. The first-order valence-corrected chi connectivity index (χ1v) is 10.5. The first-order chi connectivity index (χ1) is 13.4. The second-order valence-electron chi connectivity index (χ2n) is 8.59. The van der Waals surface area contributed by atoms with Crippen LogP contribution in [0, 0.1) is 5.92 Å². The molecule has 4 unspecified atom stereocenters. The van der Waals surface area contributed by atoms with Crippen LogP contribution in [-0.4, -0.2) is 76.0 Å². The Morgan fingerprint density at radius 2 is 2.11 bits per heavy atom. The van der Waals surface area contributed by atoms with Crippen molar-refractivity contribution in [1.29, 1.82) is 0 Å². The van der Waals surface area contributed by atoms with Crippen LogP contribution < -0.4 is 0 Å². The number of nitrogens with zero attached hydrogens (tertiary/aromatic N) is 3. The molecular weight excluding hydrogens is 352 g/mol. The number of hydrogen-bond acceptors (Lipinski definition) is 5. The zero-order chi connectivity index (χ0) is 19.9. The number of aromatic amines is 1. The third-order valence-corrected chi connectivity index (χ3v) is 7.04. The number of likely N-dealkylation sites (N-methyl/N-ethyl adjacent to an activating group) is 1. The molecule has 1 aromatic heterocycles. The lowest BCUT2D eigenvalue weighted by molar-refractivity contribution is -0.117. The van der Waals surface area contributed by atoms with Gasteiger partial charge in [-0.05, 0) is 38.9 Å². The second-order valence-corrected chi connectivity index (χ2v) is 8.59. The maximum Gasteiger partial charge on any atom is 0.227 e. The molecule has 0 aliphatic carbocycles. The Morgan fingerprint density at radius 3 is 2.82 bits per heavy atom. The molecule has 0 saturated carbocycles. The number of hydrogen-bond donors (Lipinski definition) is 1. The number of carbonyl (C=O) groups is 1. The number of carbonyl (C=O) groups excluding carboxylic acids is 1. The van der Waals surface area contributed by atoms with E-state index in [0.29, 0.717) is 18.5 Å². The number of fused-ring (bicyclic) bond motifs is 1. The van der Waals surface area contributed by atoms with Crippen molar-refractivity contribution in [2.75, 3.05) is 32.8 Å². The molecule has 28 heavy (non-hydrogen) atoms. The third-order valence-electron chi connectivity index (χ3n) is 7.04. The van der Waals surface area contributed by atoms with E-state index < -0.39 is 6.10 Å². The second kappa shape index (κ2) is 7.58. The van der Waals surface area contributed by atoms with E-state index >= 15 is 0 Å². The van der Waals surface area contributed by atoms with E-state index in [4.69, 9.17) is 4.74 Å². The van der Waals surface area contributed by atoms with Gasteiger partial charge in [-0.15, -0.1) is 0 Å². The fourth-order valence-corrected chi connectivity index (χ4v) is 5.08. The van der Waals surface area contributed by atoms with Crippen molar-refractivity contribution < 1.29 is 9.53 Å². The van der Waals surface area contributed by atoms with Crippen LogP contribution in [0.25, 0.3) is 11.0 Å². The molecule has 152 valence electrons. The molecule has 0 radical (unpaired) electrons. The number of rotatable bonds is 4. The van der Waals surface area contributed by atoms with Crippen LogP contribution in [0.2, 0.25) is 0 Å². The summed E-state index contributed by atoms with van der Waals surface area (Å²) >= 11 is 0. The van der Waals surface area contributed by atoms with E-state index in [9.17, 15) is 4.79 Å². The minimum Gasteiger partial charge on any atom is -0.369 e. The summed E-state index contributed by atoms with van der Waals surface area (Å²) in [6, 6.07) is 8.23. The predicted molar refractivity (Wildman–Crippen MR) is 111 cm³/mol. The first kappa shape index (κ1) is 19.6. The molecule has 0 spiro atoms. The molecule has 6 nitrogen and oxygen atoms in total. The van der Waals surface area contributed by atoms with Crippen molar-refractivity contribution in [3.8, 4) is 0 Å². The molecule has 3 heterocycles. The standard InChI is InChI=1S/C22H32N4O2/c1-5-25-11-12-26(15(2)14-25)22(4)10-13-28-20(16(22)3)19(27)21-23-17-8-6-7-9-18(17)24-21/h6-9,15-16,20H,5,10-14H2,1-4H3,(H,23,24). The van der Waals surface area contributed by atoms with Gasteiger partial charge in [-0.2, -0.15) is 0 Å². The van der Waals surface area contributed by atoms with E-state index in [2.05, 4.69) is 47.5 Å². The van der Waals surface area contributed by atoms with E-state index in [-0.39, 0.29) is 17.2 Å². The van der Waals surface area contributed by atoms with Gasteiger partial charge in [0.2, 0.25) is 5.78 Å². The Balaban J connectivity index is 1.56. The molecule has 1 aromatic carbocycles. The predicted octanol–water partition coefficient (Wildman–Crippen LogP) is 2.96. The fourth-order valence-electron chi connectivity index (χ4n) is 5.08. The number of aromatic nitrogens is 2. The van der Waals surface area contributed by atoms with Crippen molar-refractivity contribution >= 4 is 16.8 Å². The number of nitrogens with one attached hydrogen (secondary N) is 1. The van der Waals surface area contributed by atoms with Crippen LogP contribution in [0.3, 0.4) is 0 Å². The van der Waals surface area contributed by atoms with Gasteiger partial charge in [0.1, 0.15) is 6.10 Å². The molecule has 2 fully saturated rings. The normalized spacial score (nSPS) is 32.6. The lowest BCUT2D eigenvalue weighted by Crippen LogP contribution is -2.66. The van der Waals surface area contributed by atoms with Crippen LogP contribution in [0.4, 0.5) is 0 Å². The lowest BCUT2D eigenvalue weighted by Gasteiger charge is -2.55. The summed E-state index contributed by atoms with van der Waals surface area (Å²) in [6.45, 7) is 13.9. The highest BCUT2D eigenvalue weighted by molar-refractivity contribution is 5.99. The monoisotopic (exact) mass is 384 g/mol. The van der Waals surface area contributed by atoms with Crippen LogP contribution in [0.5, 0.6) is 0 Å². The largest absolute Gasteiger partial charge is 0.369 e. The lowest BCUT2D eigenvalue weighted by atomic mass is 9.75. The van der Waals surface area contributed by atoms with Crippen molar-refractivity contribution in [1.82, 2.24) is 19.8 Å². The number of H-pyrrole nitrogens is 1. The Labute approximate surface area is 167 Å². The van der Waals surface area contributed by atoms with Crippen LogP contribution >= 0.6 is 0 Å². The number of piperazine rings is 1. The van der Waals surface area contributed by atoms with E-state index in [0.717, 1.165) is 43.6 Å². The quantitative estimate of drug-likeness (QED) is 0.821. The number of ketones is 1. The number of benzene rings is 1. The van der Waals surface area contributed by atoms with Crippen LogP contribution in [0.15, 0.2) is 24.3 Å². The van der Waals surface area contributed by atoms with Gasteiger partial charge < -0.3 is 14.6 Å². The summed E-state index contributed by atoms with van der Waals surface area (Å²) in [6.07, 6.45) is 0.491. The van der Waals surface area contributed by atoms with Gasteiger partial charge >= 0.3 is 0 Å². The SMILES string of the molecule is CCN1CCN(C2(C)CCOC(C(=O)c3nc4ccccc4[nH]3)C2C)C(C)C1. The van der Waals surface area contributed by atoms with Gasteiger partial charge in [0.25, 0.3) is 0 Å². The third kappa shape index (κ3) is 3.27. The maximum absolute atomic E-state index is 13.3. The van der Waals surface area contributed by atoms with Crippen molar-refractivity contribution in [2.24, 2.45) is 5.92 Å². The average Bonchev–Trinajstić information content (AvgIpc) is 3.13. The summed E-state index contributed by atoms with van der Waals surface area (Å²) in [4.78, 5) is 26.1. The van der Waals surface area contributed by atoms with Gasteiger partial charge in [-0.1, -0.05) is 26.0 Å². The Bertz CT molecular complexity index is 817. The summed E-state index contributed by atoms with van der Waals surface area (Å²) in [5.41, 5.74) is 1.66. The zero-order valence-electron chi connectivity index (χ0n) is 17.4. The van der Waals surface area contributed by atoms with Gasteiger partial charge in [0, 0.05) is 43.7 Å². The molecule has 1 N–H and O–H groups in total. The number of ether oxygens (including phenoxy) is 1. The number of Topliss-reactive ketones (excluding diaryl/α,β-unsaturated/α-hetero) is 1. The van der Waals surface area contributed by atoms with Crippen molar-refractivity contribution in [3.63, 3.8) is 0 Å². The first-order valence-electron chi connectivity index (χ1n) is 10.5. The van der Waals surface area contributed by atoms with Crippen LogP contribution in [0.1, 0.15) is 44.7 Å². The van der Waals surface area contributed by atoms with E-state index in [1.165, 1.54) is 0 Å². The molecule has 2 aliphatic heterocycles. The Hall–Kier alpha value is -1.76. The molecule has 4 rings (SSSR count). The van der Waals surface area contributed by atoms with Crippen molar-refractivity contribution in [3.05, 3.63) is 30.1 Å². The average molecular weight is 385 g/mol. The fraction of sp³-hybridized carbons (Fsp3) is 0.636. The zero-order valence-corrected chi connectivity index (χ0v) is 17.4. The molecule has 2 aromatic rings. The molecule has 2 aliphatic rings. The Kier molecular flexibility index (Phi) is 5.29. The van der Waals surface area contributed by atoms with Gasteiger partial charge in [0.05, 0.1) is 11.0 Å². The number of para-hydroxylation sites is 2. The minimum atomic E-state index is -0.462. The van der Waals surface area contributed by atoms with Gasteiger partial charge in [-0.25, -0.2) is 4.98 Å².